The minimum absolute atomic E-state index is 0.0772. The predicted octanol–water partition coefficient (Wildman–Crippen LogP) is 5.77. The SMILES string of the molecule is Cc1cc(Nc2cc(N(C)C)n[nH]2)nc(Nc2ccc(NC(=O)Nc3ccc(Cl)c(C(F)(F)F)c3)nc2)n1. The molecule has 0 aliphatic rings. The van der Waals surface area contributed by atoms with Crippen molar-refractivity contribution >= 4 is 58.2 Å². The van der Waals surface area contributed by atoms with E-state index in [4.69, 9.17) is 11.6 Å². The molecule has 0 saturated heterocycles. The van der Waals surface area contributed by atoms with Crippen LogP contribution in [-0.4, -0.2) is 45.3 Å². The van der Waals surface area contributed by atoms with Crippen LogP contribution in [0.5, 0.6) is 0 Å². The Morgan fingerprint density at radius 2 is 1.74 bits per heavy atom. The second-order valence-corrected chi connectivity index (χ2v) is 8.61. The maximum Gasteiger partial charge on any atom is 0.417 e. The third kappa shape index (κ3) is 6.79. The molecule has 38 heavy (non-hydrogen) atoms. The van der Waals surface area contributed by atoms with Crippen molar-refractivity contribution in [2.75, 3.05) is 40.3 Å². The molecule has 0 atom stereocenters. The van der Waals surface area contributed by atoms with E-state index >= 15 is 0 Å². The quantitative estimate of drug-likeness (QED) is 0.197. The molecule has 3 aromatic heterocycles. The number of rotatable bonds is 7. The van der Waals surface area contributed by atoms with Gasteiger partial charge in [0.2, 0.25) is 5.95 Å². The van der Waals surface area contributed by atoms with Gasteiger partial charge in [-0.2, -0.15) is 23.3 Å². The number of alkyl halides is 3. The van der Waals surface area contributed by atoms with Gasteiger partial charge in [-0.25, -0.2) is 14.8 Å². The summed E-state index contributed by atoms with van der Waals surface area (Å²) in [6.45, 7) is 1.82. The largest absolute Gasteiger partial charge is 0.417 e. The van der Waals surface area contributed by atoms with Crippen LogP contribution in [0.2, 0.25) is 5.02 Å². The zero-order chi connectivity index (χ0) is 27.4. The van der Waals surface area contributed by atoms with Crippen molar-refractivity contribution < 1.29 is 18.0 Å². The Labute approximate surface area is 219 Å². The Bertz CT molecular complexity index is 1440. The van der Waals surface area contributed by atoms with Crippen LogP contribution in [0.15, 0.2) is 48.7 Å². The predicted molar refractivity (Wildman–Crippen MR) is 140 cm³/mol. The van der Waals surface area contributed by atoms with Crippen molar-refractivity contribution in [1.29, 1.82) is 0 Å². The highest BCUT2D eigenvalue weighted by molar-refractivity contribution is 6.31. The summed E-state index contributed by atoms with van der Waals surface area (Å²) >= 11 is 5.60. The van der Waals surface area contributed by atoms with Crippen LogP contribution in [0.25, 0.3) is 0 Å². The lowest BCUT2D eigenvalue weighted by atomic mass is 10.2. The normalized spacial score (nSPS) is 11.1. The van der Waals surface area contributed by atoms with E-state index in [0.29, 0.717) is 29.0 Å². The first-order chi connectivity index (χ1) is 18.0. The van der Waals surface area contributed by atoms with Crippen molar-refractivity contribution in [3.8, 4) is 0 Å². The molecule has 5 N–H and O–H groups in total. The average molecular weight is 547 g/mol. The van der Waals surface area contributed by atoms with Crippen molar-refractivity contribution in [3.05, 3.63) is 64.9 Å². The second-order valence-electron chi connectivity index (χ2n) is 8.21. The zero-order valence-electron chi connectivity index (χ0n) is 20.3. The molecule has 15 heteroatoms. The number of anilines is 7. The van der Waals surface area contributed by atoms with Gasteiger partial charge >= 0.3 is 12.2 Å². The number of halogens is 4. The number of benzene rings is 1. The van der Waals surface area contributed by atoms with Gasteiger partial charge in [0.05, 0.1) is 22.5 Å². The van der Waals surface area contributed by atoms with Gasteiger partial charge in [-0.1, -0.05) is 11.6 Å². The fourth-order valence-corrected chi connectivity index (χ4v) is 3.43. The molecular weight excluding hydrogens is 525 g/mol. The van der Waals surface area contributed by atoms with E-state index in [2.05, 4.69) is 46.4 Å². The van der Waals surface area contributed by atoms with Crippen LogP contribution in [-0.2, 0) is 6.18 Å². The highest BCUT2D eigenvalue weighted by Gasteiger charge is 2.33. The lowest BCUT2D eigenvalue weighted by Crippen LogP contribution is -2.20. The van der Waals surface area contributed by atoms with Crippen LogP contribution in [0, 0.1) is 6.92 Å². The van der Waals surface area contributed by atoms with E-state index in [1.54, 1.807) is 12.1 Å². The second kappa shape index (κ2) is 10.8. The van der Waals surface area contributed by atoms with Gasteiger partial charge in [0, 0.05) is 37.6 Å². The Hall–Kier alpha value is -4.59. The zero-order valence-corrected chi connectivity index (χ0v) is 21.0. The lowest BCUT2D eigenvalue weighted by molar-refractivity contribution is -0.137. The third-order valence-corrected chi connectivity index (χ3v) is 5.26. The molecule has 11 nitrogen and oxygen atoms in total. The molecule has 0 saturated carbocycles. The number of nitrogens with one attached hydrogen (secondary N) is 5. The number of hydrogen-bond donors (Lipinski definition) is 5. The summed E-state index contributed by atoms with van der Waals surface area (Å²) in [6.07, 6.45) is -3.21. The number of carbonyl (C=O) groups is 1. The number of nitrogens with zero attached hydrogens (tertiary/aromatic N) is 5. The fraction of sp³-hybridized carbons (Fsp3) is 0.174. The standard InChI is InChI=1S/C23H22ClF3N10O/c1-12-8-18(32-19-10-20(36-35-19)37(2)3)33-21(29-12)30-14-5-7-17(28-11-14)34-22(38)31-13-4-6-16(24)15(9-13)23(25,26)27/h4-11H,1-3H3,(H2,28,31,34,38)(H3,29,30,32,33,35,36). The van der Waals surface area contributed by atoms with Gasteiger partial charge in [-0.15, -0.1) is 0 Å². The molecule has 3 heterocycles. The molecule has 4 rings (SSSR count). The van der Waals surface area contributed by atoms with Crippen LogP contribution >= 0.6 is 11.6 Å². The van der Waals surface area contributed by atoms with Crippen LogP contribution < -0.4 is 26.2 Å². The summed E-state index contributed by atoms with van der Waals surface area (Å²) in [5.74, 6) is 2.42. The number of urea groups is 1. The van der Waals surface area contributed by atoms with E-state index in [1.165, 1.54) is 18.3 Å². The van der Waals surface area contributed by atoms with E-state index in [9.17, 15) is 18.0 Å². The maximum absolute atomic E-state index is 13.0. The van der Waals surface area contributed by atoms with Gasteiger partial charge < -0.3 is 20.9 Å². The third-order valence-electron chi connectivity index (χ3n) is 4.93. The lowest BCUT2D eigenvalue weighted by Gasteiger charge is -2.12. The fourth-order valence-electron chi connectivity index (χ4n) is 3.20. The van der Waals surface area contributed by atoms with Gasteiger partial charge in [0.25, 0.3) is 0 Å². The maximum atomic E-state index is 13.0. The smallest absolute Gasteiger partial charge is 0.361 e. The number of H-pyrrole nitrogens is 1. The van der Waals surface area contributed by atoms with Gasteiger partial charge in [-0.05, 0) is 37.3 Å². The number of aryl methyl sites for hydroxylation is 1. The number of amides is 2. The van der Waals surface area contributed by atoms with Crippen LogP contribution in [0.4, 0.5) is 58.6 Å². The summed E-state index contributed by atoms with van der Waals surface area (Å²) in [6, 6.07) is 9.03. The van der Waals surface area contributed by atoms with Gasteiger partial charge in [0.1, 0.15) is 17.5 Å². The molecule has 0 aliphatic carbocycles. The molecule has 4 aromatic rings. The monoisotopic (exact) mass is 546 g/mol. The minimum Gasteiger partial charge on any atom is -0.361 e. The summed E-state index contributed by atoms with van der Waals surface area (Å²) in [5.41, 5.74) is 0.115. The molecule has 0 fully saturated rings. The van der Waals surface area contributed by atoms with Crippen molar-refractivity contribution in [3.63, 3.8) is 0 Å². The highest BCUT2D eigenvalue weighted by atomic mass is 35.5. The van der Waals surface area contributed by atoms with Crippen LogP contribution in [0.1, 0.15) is 11.3 Å². The van der Waals surface area contributed by atoms with Crippen molar-refractivity contribution in [1.82, 2.24) is 25.1 Å². The van der Waals surface area contributed by atoms with Crippen molar-refractivity contribution in [2.45, 2.75) is 13.1 Å². The van der Waals surface area contributed by atoms with Gasteiger partial charge in [-0.3, -0.25) is 10.4 Å². The Balaban J connectivity index is 1.38. The van der Waals surface area contributed by atoms with Crippen molar-refractivity contribution in [2.24, 2.45) is 0 Å². The summed E-state index contributed by atoms with van der Waals surface area (Å²) in [4.78, 5) is 27.0. The molecule has 0 radical (unpaired) electrons. The first-order valence-electron chi connectivity index (χ1n) is 11.0. The minimum atomic E-state index is -4.65. The topological polar surface area (TPSA) is 136 Å². The number of hydrogen-bond acceptors (Lipinski definition) is 8. The van der Waals surface area contributed by atoms with E-state index in [1.807, 2.05) is 32.0 Å². The Morgan fingerprint density at radius 3 is 2.39 bits per heavy atom. The molecule has 2 amide bonds. The molecule has 0 spiro atoms. The van der Waals surface area contributed by atoms with E-state index < -0.39 is 22.8 Å². The molecule has 0 bridgehead atoms. The number of aromatic amines is 1. The number of aromatic nitrogens is 5. The first-order valence-corrected chi connectivity index (χ1v) is 11.4. The molecule has 1 aromatic carbocycles. The van der Waals surface area contributed by atoms with E-state index in [0.717, 1.165) is 18.0 Å². The van der Waals surface area contributed by atoms with E-state index in [-0.39, 0.29) is 11.5 Å². The summed E-state index contributed by atoms with van der Waals surface area (Å²) in [7, 11) is 3.76. The highest BCUT2D eigenvalue weighted by Crippen LogP contribution is 2.36. The summed E-state index contributed by atoms with van der Waals surface area (Å²) < 4.78 is 39.1. The molecular formula is C23H22ClF3N10O. The first kappa shape index (κ1) is 26.5. The number of pyridine rings is 1. The summed E-state index contributed by atoms with van der Waals surface area (Å²) in [5, 5.41) is 17.5. The molecule has 0 unspecified atom stereocenters. The Morgan fingerprint density at radius 1 is 0.974 bits per heavy atom. The van der Waals surface area contributed by atoms with Crippen LogP contribution in [0.3, 0.4) is 0 Å². The average Bonchev–Trinajstić information content (AvgIpc) is 3.29. The molecule has 0 aliphatic heterocycles. The number of carbonyl (C=O) groups excluding carboxylic acids is 1. The van der Waals surface area contributed by atoms with Gasteiger partial charge in [0.15, 0.2) is 5.82 Å². The molecule has 198 valence electrons. The Kier molecular flexibility index (Phi) is 7.52.